The first-order chi connectivity index (χ1) is 8.08. The molecule has 1 aliphatic rings. The van der Waals surface area contributed by atoms with Crippen LogP contribution in [0.2, 0.25) is 0 Å². The average molecular weight is 242 g/mol. The minimum atomic E-state index is -2.56. The summed E-state index contributed by atoms with van der Waals surface area (Å²) in [7, 11) is 0. The molecule has 0 unspecified atom stereocenters. The summed E-state index contributed by atoms with van der Waals surface area (Å²) in [4.78, 5) is 10.8. The van der Waals surface area contributed by atoms with E-state index in [1.807, 2.05) is 0 Å². The smallest absolute Gasteiger partial charge is 0.335 e. The SMILES string of the molecule is O=C(O)c1ccc(C2CC2)c(OCC(F)F)c1. The molecular formula is C12H12F2O3. The molecule has 0 amide bonds. The predicted octanol–water partition coefficient (Wildman–Crippen LogP) is 2.91. The molecule has 5 heteroatoms. The number of carboxylic acids is 1. The van der Waals surface area contributed by atoms with Gasteiger partial charge in [0.25, 0.3) is 6.43 Å². The maximum atomic E-state index is 12.1. The Hall–Kier alpha value is -1.65. The molecule has 1 saturated carbocycles. The van der Waals surface area contributed by atoms with Crippen LogP contribution in [0, 0.1) is 0 Å². The van der Waals surface area contributed by atoms with Crippen molar-refractivity contribution in [3.63, 3.8) is 0 Å². The van der Waals surface area contributed by atoms with Gasteiger partial charge in [0.15, 0.2) is 0 Å². The zero-order chi connectivity index (χ0) is 12.4. The highest BCUT2D eigenvalue weighted by Gasteiger charge is 2.27. The first kappa shape index (κ1) is 11.8. The number of carbonyl (C=O) groups is 1. The second-order valence-electron chi connectivity index (χ2n) is 4.03. The van der Waals surface area contributed by atoms with E-state index in [4.69, 9.17) is 9.84 Å². The van der Waals surface area contributed by atoms with Gasteiger partial charge in [0, 0.05) is 0 Å². The van der Waals surface area contributed by atoms with Gasteiger partial charge in [-0.3, -0.25) is 0 Å². The van der Waals surface area contributed by atoms with Crippen molar-refractivity contribution in [1.29, 1.82) is 0 Å². The van der Waals surface area contributed by atoms with Crippen LogP contribution in [0.4, 0.5) is 8.78 Å². The van der Waals surface area contributed by atoms with E-state index in [0.717, 1.165) is 18.4 Å². The molecule has 2 rings (SSSR count). The molecule has 1 aliphatic carbocycles. The van der Waals surface area contributed by atoms with Crippen LogP contribution in [0.1, 0.15) is 34.7 Å². The van der Waals surface area contributed by atoms with Crippen molar-refractivity contribution in [2.45, 2.75) is 25.2 Å². The molecule has 1 aromatic rings. The van der Waals surface area contributed by atoms with Crippen LogP contribution in [0.25, 0.3) is 0 Å². The summed E-state index contributed by atoms with van der Waals surface area (Å²) in [6.45, 7) is -0.706. The van der Waals surface area contributed by atoms with Crippen molar-refractivity contribution in [3.8, 4) is 5.75 Å². The van der Waals surface area contributed by atoms with Crippen molar-refractivity contribution in [2.75, 3.05) is 6.61 Å². The fourth-order valence-electron chi connectivity index (χ4n) is 1.68. The van der Waals surface area contributed by atoms with Crippen LogP contribution >= 0.6 is 0 Å². The van der Waals surface area contributed by atoms with Gasteiger partial charge < -0.3 is 9.84 Å². The van der Waals surface area contributed by atoms with E-state index in [2.05, 4.69) is 0 Å². The van der Waals surface area contributed by atoms with Crippen molar-refractivity contribution in [2.24, 2.45) is 0 Å². The predicted molar refractivity (Wildman–Crippen MR) is 56.9 cm³/mol. The zero-order valence-electron chi connectivity index (χ0n) is 9.03. The molecule has 0 saturated heterocycles. The number of rotatable bonds is 5. The third kappa shape index (κ3) is 2.93. The Morgan fingerprint density at radius 2 is 2.18 bits per heavy atom. The molecule has 0 bridgehead atoms. The second-order valence-corrected chi connectivity index (χ2v) is 4.03. The number of halogens is 2. The number of hydrogen-bond donors (Lipinski definition) is 1. The van der Waals surface area contributed by atoms with E-state index in [1.54, 1.807) is 6.07 Å². The highest BCUT2D eigenvalue weighted by Crippen LogP contribution is 2.44. The Labute approximate surface area is 97.0 Å². The molecule has 92 valence electrons. The Kier molecular flexibility index (Phi) is 3.26. The molecule has 0 radical (unpaired) electrons. The van der Waals surface area contributed by atoms with Gasteiger partial charge in [-0.2, -0.15) is 0 Å². The molecule has 1 fully saturated rings. The summed E-state index contributed by atoms with van der Waals surface area (Å²) < 4.78 is 29.2. The number of ether oxygens (including phenoxy) is 1. The topological polar surface area (TPSA) is 46.5 Å². The maximum absolute atomic E-state index is 12.1. The van der Waals surface area contributed by atoms with E-state index in [-0.39, 0.29) is 11.3 Å². The van der Waals surface area contributed by atoms with Crippen molar-refractivity contribution in [1.82, 2.24) is 0 Å². The lowest BCUT2D eigenvalue weighted by Crippen LogP contribution is -2.09. The lowest BCUT2D eigenvalue weighted by Gasteiger charge is -2.11. The lowest BCUT2D eigenvalue weighted by atomic mass is 10.1. The molecule has 0 spiro atoms. The molecule has 3 nitrogen and oxygen atoms in total. The minimum Gasteiger partial charge on any atom is -0.487 e. The lowest BCUT2D eigenvalue weighted by molar-refractivity contribution is 0.0695. The molecule has 0 aromatic heterocycles. The van der Waals surface area contributed by atoms with E-state index >= 15 is 0 Å². The van der Waals surface area contributed by atoms with Gasteiger partial charge in [-0.05, 0) is 36.5 Å². The molecule has 17 heavy (non-hydrogen) atoms. The summed E-state index contributed by atoms with van der Waals surface area (Å²) in [6.07, 6.45) is -0.565. The second kappa shape index (κ2) is 4.69. The van der Waals surface area contributed by atoms with Crippen LogP contribution in [0.3, 0.4) is 0 Å². The summed E-state index contributed by atoms with van der Waals surface area (Å²) in [5.74, 6) is -0.493. The van der Waals surface area contributed by atoms with E-state index in [9.17, 15) is 13.6 Å². The fourth-order valence-corrected chi connectivity index (χ4v) is 1.68. The first-order valence-electron chi connectivity index (χ1n) is 5.36. The molecule has 1 N–H and O–H groups in total. The average Bonchev–Trinajstić information content (AvgIpc) is 3.09. The van der Waals surface area contributed by atoms with Crippen molar-refractivity contribution in [3.05, 3.63) is 29.3 Å². The maximum Gasteiger partial charge on any atom is 0.335 e. The number of carboxylic acid groups (broad SMARTS) is 1. The number of aromatic carboxylic acids is 1. The van der Waals surface area contributed by atoms with Crippen molar-refractivity contribution >= 4 is 5.97 Å². The molecule has 0 atom stereocenters. The summed E-state index contributed by atoms with van der Waals surface area (Å²) >= 11 is 0. The van der Waals surface area contributed by atoms with Crippen molar-refractivity contribution < 1.29 is 23.4 Å². The van der Waals surface area contributed by atoms with Crippen LogP contribution < -0.4 is 4.74 Å². The van der Waals surface area contributed by atoms with Gasteiger partial charge >= 0.3 is 5.97 Å². The Balaban J connectivity index is 2.23. The number of hydrogen-bond acceptors (Lipinski definition) is 2. The van der Waals surface area contributed by atoms with Gasteiger partial charge in [0.05, 0.1) is 5.56 Å². The highest BCUT2D eigenvalue weighted by atomic mass is 19.3. The summed E-state index contributed by atoms with van der Waals surface area (Å²) in [5.41, 5.74) is 0.884. The van der Waals surface area contributed by atoms with Crippen LogP contribution in [-0.2, 0) is 0 Å². The molecule has 0 aliphatic heterocycles. The minimum absolute atomic E-state index is 0.0543. The van der Waals surface area contributed by atoms with Gasteiger partial charge in [0.2, 0.25) is 0 Å². The van der Waals surface area contributed by atoms with Crippen LogP contribution in [0.15, 0.2) is 18.2 Å². The molecule has 0 heterocycles. The standard InChI is InChI=1S/C12H12F2O3/c13-11(14)6-17-10-5-8(12(15)16)3-4-9(10)7-1-2-7/h3-5,7,11H,1-2,6H2,(H,15,16). The number of alkyl halides is 2. The van der Waals surface area contributed by atoms with E-state index in [0.29, 0.717) is 5.92 Å². The van der Waals surface area contributed by atoms with Crippen LogP contribution in [0.5, 0.6) is 5.75 Å². The van der Waals surface area contributed by atoms with Crippen LogP contribution in [-0.4, -0.2) is 24.1 Å². The summed E-state index contributed by atoms with van der Waals surface area (Å²) in [6, 6.07) is 4.45. The quantitative estimate of drug-likeness (QED) is 0.863. The van der Waals surface area contributed by atoms with Gasteiger partial charge in [-0.1, -0.05) is 6.07 Å². The third-order valence-electron chi connectivity index (χ3n) is 2.64. The van der Waals surface area contributed by atoms with E-state index in [1.165, 1.54) is 12.1 Å². The largest absolute Gasteiger partial charge is 0.487 e. The van der Waals surface area contributed by atoms with Gasteiger partial charge in [-0.15, -0.1) is 0 Å². The fraction of sp³-hybridized carbons (Fsp3) is 0.417. The monoisotopic (exact) mass is 242 g/mol. The van der Waals surface area contributed by atoms with E-state index < -0.39 is 19.0 Å². The zero-order valence-corrected chi connectivity index (χ0v) is 9.03. The third-order valence-corrected chi connectivity index (χ3v) is 2.64. The Bertz CT molecular complexity index is 428. The van der Waals surface area contributed by atoms with Gasteiger partial charge in [0.1, 0.15) is 12.4 Å². The highest BCUT2D eigenvalue weighted by molar-refractivity contribution is 5.88. The summed E-state index contributed by atoms with van der Waals surface area (Å²) in [5, 5.41) is 8.83. The Morgan fingerprint density at radius 3 is 2.71 bits per heavy atom. The Morgan fingerprint density at radius 1 is 1.47 bits per heavy atom. The molecular weight excluding hydrogens is 230 g/mol. The number of benzene rings is 1. The van der Waals surface area contributed by atoms with Gasteiger partial charge in [-0.25, -0.2) is 13.6 Å². The first-order valence-corrected chi connectivity index (χ1v) is 5.36. The molecule has 1 aromatic carbocycles. The normalized spacial score (nSPS) is 15.0.